The van der Waals surface area contributed by atoms with E-state index in [0.29, 0.717) is 29.9 Å². The minimum Gasteiger partial charge on any atom is -0.431 e. The largest absolute Gasteiger partial charge is 0.431 e. The molecule has 150 valence electrons. The second-order valence-corrected chi connectivity index (χ2v) is 9.32. The van der Waals surface area contributed by atoms with Gasteiger partial charge in [-0.2, -0.15) is 0 Å². The van der Waals surface area contributed by atoms with Crippen LogP contribution in [-0.2, 0) is 22.6 Å². The van der Waals surface area contributed by atoms with E-state index in [-0.39, 0.29) is 23.5 Å². The van der Waals surface area contributed by atoms with Gasteiger partial charge in [0, 0.05) is 23.8 Å². The number of anilines is 1. The summed E-state index contributed by atoms with van der Waals surface area (Å²) in [5, 5.41) is 4.11. The Morgan fingerprint density at radius 2 is 2.14 bits per heavy atom. The maximum Gasteiger partial charge on any atom is 0.257 e. The Morgan fingerprint density at radius 3 is 2.93 bits per heavy atom. The molecule has 29 heavy (non-hydrogen) atoms. The summed E-state index contributed by atoms with van der Waals surface area (Å²) in [4.78, 5) is 36.7. The Kier molecular flexibility index (Phi) is 5.01. The van der Waals surface area contributed by atoms with Crippen molar-refractivity contribution >= 4 is 51.1 Å². The number of thiazole rings is 1. The first-order valence-corrected chi connectivity index (χ1v) is 11.5. The fourth-order valence-corrected chi connectivity index (χ4v) is 5.24. The van der Waals surface area contributed by atoms with Gasteiger partial charge in [0.25, 0.3) is 5.22 Å². The molecule has 1 fully saturated rings. The summed E-state index contributed by atoms with van der Waals surface area (Å²) in [6.07, 6.45) is 3.78. The zero-order chi connectivity index (χ0) is 19.8. The lowest BCUT2D eigenvalue weighted by atomic mass is 9.85. The van der Waals surface area contributed by atoms with E-state index in [1.807, 2.05) is 29.2 Å². The Labute approximate surface area is 175 Å². The molecular formula is C20H20N4O3S2. The van der Waals surface area contributed by atoms with Crippen molar-refractivity contribution in [1.29, 1.82) is 0 Å². The van der Waals surface area contributed by atoms with E-state index < -0.39 is 0 Å². The Morgan fingerprint density at radius 1 is 1.28 bits per heavy atom. The molecule has 2 aliphatic rings. The lowest BCUT2D eigenvalue weighted by Crippen LogP contribution is -2.36. The molecule has 0 unspecified atom stereocenters. The summed E-state index contributed by atoms with van der Waals surface area (Å²) in [6, 6.07) is 7.57. The predicted molar refractivity (Wildman–Crippen MR) is 112 cm³/mol. The zero-order valence-corrected chi connectivity index (χ0v) is 17.4. The lowest BCUT2D eigenvalue weighted by molar-refractivity contribution is -0.129. The molecule has 5 rings (SSSR count). The molecule has 0 spiro atoms. The van der Waals surface area contributed by atoms with E-state index in [9.17, 15) is 9.59 Å². The van der Waals surface area contributed by atoms with Crippen LogP contribution in [0.15, 0.2) is 33.9 Å². The van der Waals surface area contributed by atoms with E-state index in [2.05, 4.69) is 15.3 Å². The predicted octanol–water partition coefficient (Wildman–Crippen LogP) is 3.70. The van der Waals surface area contributed by atoms with Gasteiger partial charge in [-0.3, -0.25) is 9.59 Å². The molecule has 1 aromatic carbocycles. The number of hydrogen-bond donors (Lipinski definition) is 1. The first-order valence-electron chi connectivity index (χ1n) is 9.71. The number of hydrogen-bond acceptors (Lipinski definition) is 7. The summed E-state index contributed by atoms with van der Waals surface area (Å²) in [6.45, 7) is 1.18. The average molecular weight is 429 g/mol. The van der Waals surface area contributed by atoms with E-state index >= 15 is 0 Å². The maximum absolute atomic E-state index is 12.7. The first kappa shape index (κ1) is 18.6. The number of carbonyl (C=O) groups excluding carboxylic acids is 2. The van der Waals surface area contributed by atoms with Gasteiger partial charge in [-0.05, 0) is 25.0 Å². The summed E-state index contributed by atoms with van der Waals surface area (Å²) in [5.74, 6) is 0.547. The van der Waals surface area contributed by atoms with Gasteiger partial charge in [-0.25, -0.2) is 9.97 Å². The molecule has 0 saturated heterocycles. The van der Waals surface area contributed by atoms with Gasteiger partial charge in [-0.15, -0.1) is 0 Å². The molecule has 0 radical (unpaired) electrons. The van der Waals surface area contributed by atoms with Gasteiger partial charge in [0.2, 0.25) is 11.8 Å². The van der Waals surface area contributed by atoms with Crippen LogP contribution in [0, 0.1) is 5.92 Å². The van der Waals surface area contributed by atoms with Crippen molar-refractivity contribution in [2.45, 2.75) is 37.5 Å². The average Bonchev–Trinajstić information content (AvgIpc) is 3.26. The van der Waals surface area contributed by atoms with Crippen molar-refractivity contribution in [2.75, 3.05) is 17.6 Å². The van der Waals surface area contributed by atoms with Gasteiger partial charge in [0.15, 0.2) is 10.7 Å². The highest BCUT2D eigenvalue weighted by atomic mass is 32.2. The minimum atomic E-state index is 0.0522. The van der Waals surface area contributed by atoms with Crippen LogP contribution in [0.25, 0.3) is 11.1 Å². The number of para-hydroxylation sites is 2. The molecule has 1 N–H and O–H groups in total. The van der Waals surface area contributed by atoms with Crippen molar-refractivity contribution < 1.29 is 14.0 Å². The molecule has 1 saturated carbocycles. The zero-order valence-electron chi connectivity index (χ0n) is 15.7. The third-order valence-electron chi connectivity index (χ3n) is 5.38. The van der Waals surface area contributed by atoms with Crippen LogP contribution in [-0.4, -0.2) is 39.0 Å². The normalized spacial score (nSPS) is 16.5. The van der Waals surface area contributed by atoms with Gasteiger partial charge in [0.1, 0.15) is 5.52 Å². The van der Waals surface area contributed by atoms with Gasteiger partial charge in [0.05, 0.1) is 18.0 Å². The second kappa shape index (κ2) is 7.79. The maximum atomic E-state index is 12.7. The van der Waals surface area contributed by atoms with Gasteiger partial charge < -0.3 is 14.6 Å². The molecule has 3 aromatic rings. The second-order valence-electron chi connectivity index (χ2n) is 7.31. The van der Waals surface area contributed by atoms with Crippen LogP contribution in [0.4, 0.5) is 5.13 Å². The van der Waals surface area contributed by atoms with Crippen molar-refractivity contribution in [3.63, 3.8) is 0 Å². The number of thioether (sulfide) groups is 1. The Balaban J connectivity index is 1.18. The van der Waals surface area contributed by atoms with Crippen molar-refractivity contribution in [3.05, 3.63) is 34.8 Å². The number of nitrogens with zero attached hydrogens (tertiary/aromatic N) is 3. The van der Waals surface area contributed by atoms with Gasteiger partial charge in [-0.1, -0.05) is 41.7 Å². The number of rotatable bonds is 5. The van der Waals surface area contributed by atoms with E-state index in [0.717, 1.165) is 40.9 Å². The number of fused-ring (bicyclic) bond motifs is 2. The first-order chi connectivity index (χ1) is 14.2. The number of amides is 2. The van der Waals surface area contributed by atoms with Crippen LogP contribution < -0.4 is 5.32 Å². The standard InChI is InChI=1S/C20H20N4O3S2/c25-17(11-28-20-22-13-6-1-2-7-15(13)27-20)24-9-8-14-16(10-24)29-19(21-14)23-18(26)12-4-3-5-12/h1-2,6-7,12H,3-5,8-11H2,(H,21,23,26). The van der Waals surface area contributed by atoms with E-state index in [4.69, 9.17) is 4.42 Å². The van der Waals surface area contributed by atoms with Crippen LogP contribution in [0.1, 0.15) is 29.8 Å². The van der Waals surface area contributed by atoms with Gasteiger partial charge >= 0.3 is 0 Å². The summed E-state index contributed by atoms with van der Waals surface area (Å²) < 4.78 is 5.67. The van der Waals surface area contributed by atoms with E-state index in [1.165, 1.54) is 23.1 Å². The molecule has 0 bridgehead atoms. The third kappa shape index (κ3) is 3.89. The third-order valence-corrected chi connectivity index (χ3v) is 7.19. The van der Waals surface area contributed by atoms with E-state index in [1.54, 1.807) is 0 Å². The summed E-state index contributed by atoms with van der Waals surface area (Å²) >= 11 is 2.80. The van der Waals surface area contributed by atoms with Crippen molar-refractivity contribution in [1.82, 2.24) is 14.9 Å². The topological polar surface area (TPSA) is 88.3 Å². The van der Waals surface area contributed by atoms with Crippen LogP contribution in [0.3, 0.4) is 0 Å². The molecule has 9 heteroatoms. The number of carbonyl (C=O) groups is 2. The monoisotopic (exact) mass is 428 g/mol. The summed E-state index contributed by atoms with van der Waals surface area (Å²) in [5.41, 5.74) is 2.52. The van der Waals surface area contributed by atoms with Crippen molar-refractivity contribution in [2.24, 2.45) is 5.92 Å². The number of aromatic nitrogens is 2. The number of nitrogens with one attached hydrogen (secondary N) is 1. The molecule has 7 nitrogen and oxygen atoms in total. The number of benzene rings is 1. The molecule has 1 aliphatic carbocycles. The highest BCUT2D eigenvalue weighted by Gasteiger charge is 2.28. The molecule has 2 amide bonds. The number of oxazole rings is 1. The lowest BCUT2D eigenvalue weighted by Gasteiger charge is -2.25. The summed E-state index contributed by atoms with van der Waals surface area (Å²) in [7, 11) is 0. The van der Waals surface area contributed by atoms with Crippen LogP contribution >= 0.6 is 23.1 Å². The fraction of sp³-hybridized carbons (Fsp3) is 0.400. The molecule has 3 heterocycles. The SMILES string of the molecule is O=C(Nc1nc2c(s1)CN(C(=O)CSc1nc3ccccc3o1)CC2)C1CCC1. The molecule has 2 aromatic heterocycles. The highest BCUT2D eigenvalue weighted by Crippen LogP contribution is 2.32. The fourth-order valence-electron chi connectivity index (χ4n) is 3.47. The molecule has 1 aliphatic heterocycles. The minimum absolute atomic E-state index is 0.0522. The van der Waals surface area contributed by atoms with Crippen LogP contribution in [0.5, 0.6) is 0 Å². The smallest absolute Gasteiger partial charge is 0.257 e. The van der Waals surface area contributed by atoms with Crippen LogP contribution in [0.2, 0.25) is 0 Å². The quantitative estimate of drug-likeness (QED) is 0.624. The Hall–Kier alpha value is -2.39. The highest BCUT2D eigenvalue weighted by molar-refractivity contribution is 7.99. The van der Waals surface area contributed by atoms with Crippen molar-refractivity contribution in [3.8, 4) is 0 Å². The molecule has 0 atom stereocenters. The molecular weight excluding hydrogens is 408 g/mol. The Bertz CT molecular complexity index is 1040.